The van der Waals surface area contributed by atoms with Crippen molar-refractivity contribution in [3.05, 3.63) is 18.9 Å². The molecule has 0 saturated heterocycles. The van der Waals surface area contributed by atoms with Crippen LogP contribution in [0, 0.1) is 0 Å². The first-order chi connectivity index (χ1) is 4.92. The van der Waals surface area contributed by atoms with Crippen LogP contribution in [-0.4, -0.2) is 26.4 Å². The molecule has 2 aromatic rings. The Bertz CT molecular complexity index is 336. The fourth-order valence-electron chi connectivity index (χ4n) is 0.825. The van der Waals surface area contributed by atoms with E-state index in [-0.39, 0.29) is 0 Å². The van der Waals surface area contributed by atoms with Gasteiger partial charge in [0.15, 0.2) is 12.0 Å². The minimum atomic E-state index is 0.779. The van der Waals surface area contributed by atoms with Crippen LogP contribution in [0.5, 0.6) is 0 Å². The molecule has 2 aromatic heterocycles. The highest BCUT2D eigenvalue weighted by atomic mass is 16.7. The predicted molar refractivity (Wildman–Crippen MR) is 33.5 cm³/mol. The van der Waals surface area contributed by atoms with E-state index in [9.17, 15) is 0 Å². The second kappa shape index (κ2) is 1.73. The number of aromatic nitrogens is 4. The van der Waals surface area contributed by atoms with Crippen LogP contribution in [-0.2, 0) is 0 Å². The van der Waals surface area contributed by atoms with Crippen LogP contribution in [0.25, 0.3) is 5.65 Å². The van der Waals surface area contributed by atoms with Gasteiger partial charge in [-0.1, -0.05) is 0 Å². The van der Waals surface area contributed by atoms with Gasteiger partial charge in [0.2, 0.25) is 0 Å². The predicted octanol–water partition coefficient (Wildman–Crippen LogP) is -0.411. The molecular weight excluding hydrogens is 132 g/mol. The molecule has 0 aliphatic rings. The zero-order valence-corrected chi connectivity index (χ0v) is 5.43. The maximum absolute atomic E-state index is 4.90. The van der Waals surface area contributed by atoms with E-state index in [4.69, 9.17) is 4.84 Å². The molecule has 2 rings (SSSR count). The minimum absolute atomic E-state index is 0.779. The summed E-state index contributed by atoms with van der Waals surface area (Å²) in [6, 6.07) is 0. The summed E-state index contributed by atoms with van der Waals surface area (Å²) >= 11 is 0. The molecular formula is C5H6N4O. The van der Waals surface area contributed by atoms with Crippen LogP contribution in [0.1, 0.15) is 0 Å². The Morgan fingerprint density at radius 3 is 3.20 bits per heavy atom. The van der Waals surface area contributed by atoms with E-state index in [0.29, 0.717) is 0 Å². The first-order valence-electron chi connectivity index (χ1n) is 2.82. The van der Waals surface area contributed by atoms with Crippen molar-refractivity contribution < 1.29 is 4.84 Å². The van der Waals surface area contributed by atoms with Gasteiger partial charge in [-0.3, -0.25) is 0 Å². The summed E-state index contributed by atoms with van der Waals surface area (Å²) in [4.78, 5) is 14.2. The van der Waals surface area contributed by atoms with Crippen LogP contribution < -0.4 is 4.84 Å². The van der Waals surface area contributed by atoms with Crippen molar-refractivity contribution >= 4 is 5.65 Å². The van der Waals surface area contributed by atoms with E-state index in [2.05, 4.69) is 9.97 Å². The van der Waals surface area contributed by atoms with Gasteiger partial charge in [-0.2, -0.15) is 4.52 Å². The first kappa shape index (κ1) is 5.28. The second-order valence-corrected chi connectivity index (χ2v) is 1.83. The smallest absolute Gasteiger partial charge is 0.176 e. The molecule has 0 aliphatic heterocycles. The lowest BCUT2D eigenvalue weighted by atomic mass is 10.8. The lowest BCUT2D eigenvalue weighted by Crippen LogP contribution is -2.09. The SMILES string of the molecule is COn1cnc2cncn21. The maximum atomic E-state index is 4.90. The van der Waals surface area contributed by atoms with E-state index < -0.39 is 0 Å². The van der Waals surface area contributed by atoms with Gasteiger partial charge in [-0.05, 0) is 0 Å². The highest BCUT2D eigenvalue weighted by molar-refractivity contribution is 5.31. The molecule has 5 heteroatoms. The van der Waals surface area contributed by atoms with Crippen molar-refractivity contribution in [3.63, 3.8) is 0 Å². The first-order valence-corrected chi connectivity index (χ1v) is 2.82. The molecule has 0 aromatic carbocycles. The van der Waals surface area contributed by atoms with Crippen LogP contribution >= 0.6 is 0 Å². The van der Waals surface area contributed by atoms with Gasteiger partial charge in [-0.25, -0.2) is 9.97 Å². The number of imidazole rings is 1. The fourth-order valence-corrected chi connectivity index (χ4v) is 0.825. The van der Waals surface area contributed by atoms with Gasteiger partial charge in [0, 0.05) is 0 Å². The zero-order valence-electron chi connectivity index (χ0n) is 5.43. The summed E-state index contributed by atoms with van der Waals surface area (Å²) in [5.41, 5.74) is 0.779. The molecule has 0 amide bonds. The summed E-state index contributed by atoms with van der Waals surface area (Å²) < 4.78 is 1.69. The summed E-state index contributed by atoms with van der Waals surface area (Å²) in [5, 5.41) is 0. The van der Waals surface area contributed by atoms with Gasteiger partial charge in [0.1, 0.15) is 13.4 Å². The second-order valence-electron chi connectivity index (χ2n) is 1.83. The van der Waals surface area contributed by atoms with Crippen LogP contribution in [0.3, 0.4) is 0 Å². The Morgan fingerprint density at radius 2 is 2.40 bits per heavy atom. The average molecular weight is 138 g/mol. The molecule has 0 N–H and O–H groups in total. The van der Waals surface area contributed by atoms with Crippen molar-refractivity contribution in [2.24, 2.45) is 0 Å². The molecule has 0 bridgehead atoms. The molecule has 5 nitrogen and oxygen atoms in total. The number of fused-ring (bicyclic) bond motifs is 1. The minimum Gasteiger partial charge on any atom is -0.400 e. The Morgan fingerprint density at radius 1 is 1.50 bits per heavy atom. The van der Waals surface area contributed by atoms with E-state index in [1.54, 1.807) is 30.5 Å². The van der Waals surface area contributed by atoms with Gasteiger partial charge in [0.05, 0.1) is 6.20 Å². The van der Waals surface area contributed by atoms with Crippen LogP contribution in [0.2, 0.25) is 0 Å². The van der Waals surface area contributed by atoms with Crippen molar-refractivity contribution in [1.82, 2.24) is 19.3 Å². The lowest BCUT2D eigenvalue weighted by Gasteiger charge is -1.97. The number of hydrogen-bond donors (Lipinski definition) is 0. The van der Waals surface area contributed by atoms with Gasteiger partial charge in [-0.15, -0.1) is 4.85 Å². The van der Waals surface area contributed by atoms with E-state index >= 15 is 0 Å². The van der Waals surface area contributed by atoms with Crippen molar-refractivity contribution in [3.8, 4) is 0 Å². The molecule has 0 fully saturated rings. The Kier molecular flexibility index (Phi) is 0.913. The molecule has 0 aliphatic carbocycles. The molecule has 0 unspecified atom stereocenters. The van der Waals surface area contributed by atoms with Crippen LogP contribution in [0.4, 0.5) is 0 Å². The zero-order chi connectivity index (χ0) is 6.97. The highest BCUT2D eigenvalue weighted by Crippen LogP contribution is 1.94. The third kappa shape index (κ3) is 0.513. The standard InChI is InChI=1S/C5H6N4O/c1-10-9-4-7-5-2-6-3-8(5)9/h2-4H,1H3. The number of rotatable bonds is 1. The third-order valence-corrected chi connectivity index (χ3v) is 1.29. The fraction of sp³-hybridized carbons (Fsp3) is 0.200. The molecule has 0 atom stereocenters. The molecule has 52 valence electrons. The topological polar surface area (TPSA) is 44.3 Å². The summed E-state index contributed by atoms with van der Waals surface area (Å²) in [6.45, 7) is 0. The van der Waals surface area contributed by atoms with E-state index in [0.717, 1.165) is 5.65 Å². The highest BCUT2D eigenvalue weighted by Gasteiger charge is 1.97. The summed E-state index contributed by atoms with van der Waals surface area (Å²) in [5.74, 6) is 0. The quantitative estimate of drug-likeness (QED) is 0.538. The largest absolute Gasteiger partial charge is 0.400 e. The van der Waals surface area contributed by atoms with Crippen molar-refractivity contribution in [2.45, 2.75) is 0 Å². The van der Waals surface area contributed by atoms with Crippen LogP contribution in [0.15, 0.2) is 18.9 Å². The number of hydrogen-bond acceptors (Lipinski definition) is 3. The Hall–Kier alpha value is -1.52. The van der Waals surface area contributed by atoms with Gasteiger partial charge < -0.3 is 4.84 Å². The average Bonchev–Trinajstić information content (AvgIpc) is 2.44. The molecule has 0 radical (unpaired) electrons. The van der Waals surface area contributed by atoms with Crippen molar-refractivity contribution in [1.29, 1.82) is 0 Å². The Balaban J connectivity index is 2.76. The molecule has 10 heavy (non-hydrogen) atoms. The molecule has 0 saturated carbocycles. The van der Waals surface area contributed by atoms with Crippen molar-refractivity contribution in [2.75, 3.05) is 7.11 Å². The summed E-state index contributed by atoms with van der Waals surface area (Å²) in [7, 11) is 1.57. The number of nitrogens with zero attached hydrogens (tertiary/aromatic N) is 4. The monoisotopic (exact) mass is 138 g/mol. The molecule has 2 heterocycles. The van der Waals surface area contributed by atoms with Gasteiger partial charge >= 0.3 is 0 Å². The lowest BCUT2D eigenvalue weighted by molar-refractivity contribution is 0.122. The molecule has 0 spiro atoms. The van der Waals surface area contributed by atoms with E-state index in [1.165, 1.54) is 4.85 Å². The van der Waals surface area contributed by atoms with Gasteiger partial charge in [0.25, 0.3) is 0 Å². The summed E-state index contributed by atoms with van der Waals surface area (Å²) in [6.07, 6.45) is 4.87. The normalized spacial score (nSPS) is 10.5. The van der Waals surface area contributed by atoms with E-state index in [1.807, 2.05) is 0 Å². The Labute approximate surface area is 56.8 Å². The maximum Gasteiger partial charge on any atom is 0.176 e. The third-order valence-electron chi connectivity index (χ3n) is 1.29.